The van der Waals surface area contributed by atoms with Gasteiger partial charge in [-0.1, -0.05) is 6.92 Å². The van der Waals surface area contributed by atoms with Gasteiger partial charge in [0.2, 0.25) is 0 Å². The Balaban J connectivity index is 2.42. The Kier molecular flexibility index (Phi) is 4.79. The molecule has 1 fully saturated rings. The molecule has 3 N–H and O–H groups in total. The van der Waals surface area contributed by atoms with Crippen molar-refractivity contribution < 1.29 is 19.4 Å². The van der Waals surface area contributed by atoms with Crippen LogP contribution in [-0.2, 0) is 15.9 Å². The van der Waals surface area contributed by atoms with Gasteiger partial charge in [-0.15, -0.1) is 0 Å². The third-order valence-electron chi connectivity index (χ3n) is 3.34. The van der Waals surface area contributed by atoms with E-state index in [0.29, 0.717) is 18.7 Å². The second-order valence-electron chi connectivity index (χ2n) is 4.72. The Bertz CT molecular complexity index is 547. The van der Waals surface area contributed by atoms with Crippen LogP contribution in [0.25, 0.3) is 0 Å². The SMILES string of the molecule is CCc1nn(C2CCCCO2)c(C(=O)N=C(N)OC)c1O. The van der Waals surface area contributed by atoms with Crippen LogP contribution >= 0.6 is 0 Å². The lowest BCUT2D eigenvalue weighted by atomic mass is 10.2. The summed E-state index contributed by atoms with van der Waals surface area (Å²) in [4.78, 5) is 15.8. The average Bonchev–Trinajstić information content (AvgIpc) is 2.84. The van der Waals surface area contributed by atoms with E-state index in [-0.39, 0.29) is 23.7 Å². The van der Waals surface area contributed by atoms with Gasteiger partial charge in [0.05, 0.1) is 7.11 Å². The molecule has 1 aliphatic rings. The van der Waals surface area contributed by atoms with Gasteiger partial charge in [0.25, 0.3) is 6.02 Å². The number of rotatable bonds is 3. The smallest absolute Gasteiger partial charge is 0.303 e. The molecule has 1 aromatic rings. The molecule has 1 aliphatic heterocycles. The van der Waals surface area contributed by atoms with Gasteiger partial charge in [-0.25, -0.2) is 4.68 Å². The van der Waals surface area contributed by atoms with Crippen molar-refractivity contribution in [2.75, 3.05) is 13.7 Å². The molecule has 1 amide bonds. The van der Waals surface area contributed by atoms with Crippen LogP contribution in [0.15, 0.2) is 4.99 Å². The van der Waals surface area contributed by atoms with Gasteiger partial charge < -0.3 is 20.3 Å². The first kappa shape index (κ1) is 15.3. The fraction of sp³-hybridized carbons (Fsp3) is 0.615. The monoisotopic (exact) mass is 296 g/mol. The van der Waals surface area contributed by atoms with Crippen LogP contribution in [0.2, 0.25) is 0 Å². The highest BCUT2D eigenvalue weighted by Crippen LogP contribution is 2.30. The average molecular weight is 296 g/mol. The van der Waals surface area contributed by atoms with Gasteiger partial charge in [0, 0.05) is 6.61 Å². The Morgan fingerprint density at radius 3 is 2.95 bits per heavy atom. The van der Waals surface area contributed by atoms with Crippen molar-refractivity contribution in [2.45, 2.75) is 38.8 Å². The predicted octanol–water partition coefficient (Wildman–Crippen LogP) is 0.952. The van der Waals surface area contributed by atoms with Crippen molar-refractivity contribution in [3.63, 3.8) is 0 Å². The number of carbonyl (C=O) groups is 1. The van der Waals surface area contributed by atoms with Crippen LogP contribution in [0.4, 0.5) is 0 Å². The molecule has 0 aromatic carbocycles. The lowest BCUT2D eigenvalue weighted by Gasteiger charge is -2.23. The van der Waals surface area contributed by atoms with Crippen LogP contribution in [-0.4, -0.2) is 40.5 Å². The van der Waals surface area contributed by atoms with Gasteiger partial charge in [0.15, 0.2) is 17.7 Å². The number of hydrogen-bond donors (Lipinski definition) is 2. The largest absolute Gasteiger partial charge is 0.504 e. The van der Waals surface area contributed by atoms with E-state index in [1.807, 2.05) is 6.92 Å². The standard InChI is InChI=1S/C13H20N4O4/c1-3-8-11(18)10(12(19)15-13(14)20-2)17(16-8)9-6-4-5-7-21-9/h9,18H,3-7H2,1-2H3,(H2,14,15,19). The third kappa shape index (κ3) is 3.15. The molecule has 116 valence electrons. The Hall–Kier alpha value is -2.09. The quantitative estimate of drug-likeness (QED) is 0.634. The number of aromatic nitrogens is 2. The highest BCUT2D eigenvalue weighted by molar-refractivity contribution is 6.01. The van der Waals surface area contributed by atoms with Crippen molar-refractivity contribution in [2.24, 2.45) is 10.7 Å². The van der Waals surface area contributed by atoms with E-state index in [1.165, 1.54) is 11.8 Å². The van der Waals surface area contributed by atoms with E-state index in [9.17, 15) is 9.90 Å². The maximum atomic E-state index is 12.2. The molecule has 8 heteroatoms. The lowest BCUT2D eigenvalue weighted by molar-refractivity contribution is -0.0408. The van der Waals surface area contributed by atoms with E-state index < -0.39 is 5.91 Å². The highest BCUT2D eigenvalue weighted by atomic mass is 16.5. The van der Waals surface area contributed by atoms with Gasteiger partial charge in [0.1, 0.15) is 5.69 Å². The number of aliphatic imine (C=N–C) groups is 1. The van der Waals surface area contributed by atoms with Crippen LogP contribution in [0, 0.1) is 0 Å². The molecule has 2 rings (SSSR count). The summed E-state index contributed by atoms with van der Waals surface area (Å²) in [6, 6.07) is -0.269. The molecular formula is C13H20N4O4. The molecular weight excluding hydrogens is 276 g/mol. The summed E-state index contributed by atoms with van der Waals surface area (Å²) >= 11 is 0. The minimum Gasteiger partial charge on any atom is -0.504 e. The summed E-state index contributed by atoms with van der Waals surface area (Å²) in [5, 5.41) is 14.5. The van der Waals surface area contributed by atoms with Crippen molar-refractivity contribution in [1.82, 2.24) is 9.78 Å². The molecule has 0 bridgehead atoms. The maximum Gasteiger partial charge on any atom is 0.303 e. The number of amides is 1. The first-order chi connectivity index (χ1) is 10.1. The Morgan fingerprint density at radius 2 is 2.38 bits per heavy atom. The van der Waals surface area contributed by atoms with E-state index in [0.717, 1.165) is 19.3 Å². The Labute approximate surface area is 122 Å². The van der Waals surface area contributed by atoms with Crippen LogP contribution < -0.4 is 5.73 Å². The van der Waals surface area contributed by atoms with Crippen molar-refractivity contribution in [1.29, 1.82) is 0 Å². The van der Waals surface area contributed by atoms with E-state index in [2.05, 4.69) is 14.8 Å². The fourth-order valence-corrected chi connectivity index (χ4v) is 2.23. The van der Waals surface area contributed by atoms with Crippen LogP contribution in [0.3, 0.4) is 0 Å². The second-order valence-corrected chi connectivity index (χ2v) is 4.72. The molecule has 1 saturated heterocycles. The predicted molar refractivity (Wildman–Crippen MR) is 75.1 cm³/mol. The van der Waals surface area contributed by atoms with Crippen molar-refractivity contribution in [3.8, 4) is 5.75 Å². The van der Waals surface area contributed by atoms with E-state index in [4.69, 9.17) is 10.5 Å². The first-order valence-corrected chi connectivity index (χ1v) is 6.92. The van der Waals surface area contributed by atoms with Crippen molar-refractivity contribution in [3.05, 3.63) is 11.4 Å². The Morgan fingerprint density at radius 1 is 1.62 bits per heavy atom. The molecule has 21 heavy (non-hydrogen) atoms. The van der Waals surface area contributed by atoms with E-state index in [1.54, 1.807) is 0 Å². The minimum absolute atomic E-state index is 0.0150. The topological polar surface area (TPSA) is 112 Å². The number of aromatic hydroxyl groups is 1. The van der Waals surface area contributed by atoms with Crippen molar-refractivity contribution >= 4 is 11.9 Å². The summed E-state index contributed by atoms with van der Waals surface area (Å²) in [5.41, 5.74) is 5.81. The molecule has 0 aliphatic carbocycles. The molecule has 0 saturated carbocycles. The number of ether oxygens (including phenoxy) is 2. The number of nitrogens with zero attached hydrogens (tertiary/aromatic N) is 3. The normalized spacial score (nSPS) is 19.5. The maximum absolute atomic E-state index is 12.2. The van der Waals surface area contributed by atoms with Crippen LogP contribution in [0.1, 0.15) is 48.6 Å². The number of nitrogens with two attached hydrogens (primary N) is 1. The van der Waals surface area contributed by atoms with Gasteiger partial charge >= 0.3 is 5.91 Å². The zero-order valence-corrected chi connectivity index (χ0v) is 12.2. The molecule has 1 aromatic heterocycles. The molecule has 1 atom stereocenters. The first-order valence-electron chi connectivity index (χ1n) is 6.92. The summed E-state index contributed by atoms with van der Waals surface area (Å²) in [5.74, 6) is -0.877. The molecule has 0 radical (unpaired) electrons. The number of amidine groups is 1. The minimum atomic E-state index is -0.701. The summed E-state index contributed by atoms with van der Waals surface area (Å²) in [6.07, 6.45) is 2.80. The molecule has 0 spiro atoms. The van der Waals surface area contributed by atoms with Gasteiger partial charge in [-0.05, 0) is 25.7 Å². The van der Waals surface area contributed by atoms with Gasteiger partial charge in [-0.2, -0.15) is 10.1 Å². The number of aryl methyl sites for hydroxylation is 1. The zero-order chi connectivity index (χ0) is 15.4. The zero-order valence-electron chi connectivity index (χ0n) is 12.2. The lowest BCUT2D eigenvalue weighted by Crippen LogP contribution is -2.23. The number of carbonyl (C=O) groups excluding carboxylic acids is 1. The summed E-state index contributed by atoms with van der Waals surface area (Å²) in [7, 11) is 1.31. The highest BCUT2D eigenvalue weighted by Gasteiger charge is 2.28. The second kappa shape index (κ2) is 6.57. The molecule has 2 heterocycles. The number of methoxy groups -OCH3 is 1. The third-order valence-corrected chi connectivity index (χ3v) is 3.34. The summed E-state index contributed by atoms with van der Waals surface area (Å²) in [6.45, 7) is 2.44. The summed E-state index contributed by atoms with van der Waals surface area (Å²) < 4.78 is 11.7. The van der Waals surface area contributed by atoms with Gasteiger partial charge in [-0.3, -0.25) is 4.79 Å². The number of hydrogen-bond acceptors (Lipinski definition) is 5. The van der Waals surface area contributed by atoms with Crippen LogP contribution in [0.5, 0.6) is 5.75 Å². The fourth-order valence-electron chi connectivity index (χ4n) is 2.23. The van der Waals surface area contributed by atoms with E-state index >= 15 is 0 Å². The molecule has 8 nitrogen and oxygen atoms in total. The molecule has 1 unspecified atom stereocenters.